The first-order chi connectivity index (χ1) is 10.3. The molecule has 0 heterocycles. The third kappa shape index (κ3) is 4.90. The molecule has 0 aromatic heterocycles. The van der Waals surface area contributed by atoms with Crippen LogP contribution in [0.3, 0.4) is 0 Å². The van der Waals surface area contributed by atoms with Gasteiger partial charge in [0.05, 0.1) is 6.04 Å². The summed E-state index contributed by atoms with van der Waals surface area (Å²) < 4.78 is 0. The second kappa shape index (κ2) is 8.91. The molecule has 21 heavy (non-hydrogen) atoms. The van der Waals surface area contributed by atoms with Crippen molar-refractivity contribution in [3.8, 4) is 0 Å². The first kappa shape index (κ1) is 16.1. The average Bonchev–Trinajstić information content (AvgIpc) is 2.53. The van der Waals surface area contributed by atoms with Crippen LogP contribution in [-0.4, -0.2) is 18.6 Å². The van der Waals surface area contributed by atoms with Gasteiger partial charge in [0.25, 0.3) is 0 Å². The lowest BCUT2D eigenvalue weighted by atomic mass is 9.95. The van der Waals surface area contributed by atoms with Crippen LogP contribution in [0.2, 0.25) is 0 Å². The van der Waals surface area contributed by atoms with Gasteiger partial charge in [-0.1, -0.05) is 54.6 Å². The van der Waals surface area contributed by atoms with Gasteiger partial charge in [-0.2, -0.15) is 11.8 Å². The molecule has 2 heteroatoms. The van der Waals surface area contributed by atoms with Gasteiger partial charge in [-0.15, -0.1) is 0 Å². The van der Waals surface area contributed by atoms with Crippen molar-refractivity contribution in [1.82, 2.24) is 5.32 Å². The van der Waals surface area contributed by atoms with Crippen LogP contribution < -0.4 is 5.32 Å². The van der Waals surface area contributed by atoms with E-state index in [0.29, 0.717) is 6.04 Å². The van der Waals surface area contributed by atoms with Crippen LogP contribution in [0.4, 0.5) is 0 Å². The molecule has 1 atom stereocenters. The topological polar surface area (TPSA) is 12.0 Å². The van der Waals surface area contributed by atoms with Crippen molar-refractivity contribution in [2.75, 3.05) is 18.6 Å². The van der Waals surface area contributed by atoms with Gasteiger partial charge in [0.15, 0.2) is 0 Å². The SMILES string of the molecule is CSCCCCNC(c1ccccc1)c1ccccc1C. The van der Waals surface area contributed by atoms with Gasteiger partial charge >= 0.3 is 0 Å². The lowest BCUT2D eigenvalue weighted by Gasteiger charge is -2.21. The third-order valence-corrected chi connectivity index (χ3v) is 4.45. The van der Waals surface area contributed by atoms with Gasteiger partial charge in [-0.05, 0) is 55.0 Å². The van der Waals surface area contributed by atoms with Gasteiger partial charge in [0.2, 0.25) is 0 Å². The van der Waals surface area contributed by atoms with E-state index in [9.17, 15) is 0 Å². The zero-order chi connectivity index (χ0) is 14.9. The second-order valence-corrected chi connectivity index (χ2v) is 6.34. The molecule has 0 amide bonds. The molecule has 0 aliphatic rings. The second-order valence-electron chi connectivity index (χ2n) is 5.35. The van der Waals surface area contributed by atoms with Crippen LogP contribution in [0.15, 0.2) is 54.6 Å². The molecule has 2 rings (SSSR count). The van der Waals surface area contributed by atoms with Crippen molar-refractivity contribution in [3.63, 3.8) is 0 Å². The summed E-state index contributed by atoms with van der Waals surface area (Å²) in [6.07, 6.45) is 4.69. The Hall–Kier alpha value is -1.25. The number of aryl methyl sites for hydroxylation is 1. The van der Waals surface area contributed by atoms with Crippen LogP contribution in [0, 0.1) is 6.92 Å². The molecule has 0 fully saturated rings. The van der Waals surface area contributed by atoms with E-state index in [4.69, 9.17) is 0 Å². The Balaban J connectivity index is 2.10. The monoisotopic (exact) mass is 299 g/mol. The molecular weight excluding hydrogens is 274 g/mol. The molecule has 112 valence electrons. The first-order valence-corrected chi connectivity index (χ1v) is 9.05. The van der Waals surface area contributed by atoms with E-state index in [1.165, 1.54) is 35.3 Å². The third-order valence-electron chi connectivity index (χ3n) is 3.76. The number of hydrogen-bond donors (Lipinski definition) is 1. The number of unbranched alkanes of at least 4 members (excludes halogenated alkanes) is 1. The smallest absolute Gasteiger partial charge is 0.0579 e. The Labute approximate surface area is 133 Å². The summed E-state index contributed by atoms with van der Waals surface area (Å²) in [5.74, 6) is 1.25. The largest absolute Gasteiger partial charge is 0.306 e. The van der Waals surface area contributed by atoms with Crippen LogP contribution in [0.5, 0.6) is 0 Å². The van der Waals surface area contributed by atoms with Crippen LogP contribution in [-0.2, 0) is 0 Å². The van der Waals surface area contributed by atoms with E-state index in [1.807, 2.05) is 11.8 Å². The molecule has 1 nitrogen and oxygen atoms in total. The van der Waals surface area contributed by atoms with E-state index < -0.39 is 0 Å². The van der Waals surface area contributed by atoms with Gasteiger partial charge in [0, 0.05) is 0 Å². The first-order valence-electron chi connectivity index (χ1n) is 7.65. The Bertz CT molecular complexity index is 524. The molecule has 0 aliphatic heterocycles. The minimum Gasteiger partial charge on any atom is -0.306 e. The lowest BCUT2D eigenvalue weighted by molar-refractivity contribution is 0.578. The predicted octanol–water partition coefficient (Wildman–Crippen LogP) is 4.82. The minimum absolute atomic E-state index is 0.293. The van der Waals surface area contributed by atoms with Crippen molar-refractivity contribution in [1.29, 1.82) is 0 Å². The number of nitrogens with one attached hydrogen (secondary N) is 1. The average molecular weight is 299 g/mol. The summed E-state index contributed by atoms with van der Waals surface area (Å²) in [5.41, 5.74) is 4.08. The highest BCUT2D eigenvalue weighted by Crippen LogP contribution is 2.24. The Morgan fingerprint density at radius 1 is 0.952 bits per heavy atom. The normalized spacial score (nSPS) is 12.3. The van der Waals surface area contributed by atoms with Crippen LogP contribution in [0.1, 0.15) is 35.6 Å². The zero-order valence-electron chi connectivity index (χ0n) is 13.0. The van der Waals surface area contributed by atoms with E-state index in [2.05, 4.69) is 73.1 Å². The maximum Gasteiger partial charge on any atom is 0.0579 e. The molecule has 0 bridgehead atoms. The molecule has 0 aliphatic carbocycles. The fourth-order valence-corrected chi connectivity index (χ4v) is 3.07. The minimum atomic E-state index is 0.293. The molecule has 1 unspecified atom stereocenters. The van der Waals surface area contributed by atoms with E-state index in [0.717, 1.165) is 6.54 Å². The van der Waals surface area contributed by atoms with E-state index in [-0.39, 0.29) is 0 Å². The van der Waals surface area contributed by atoms with Crippen molar-refractivity contribution in [2.45, 2.75) is 25.8 Å². The summed E-state index contributed by atoms with van der Waals surface area (Å²) in [6.45, 7) is 3.26. The fraction of sp³-hybridized carbons (Fsp3) is 0.368. The molecule has 0 spiro atoms. The number of benzene rings is 2. The Morgan fingerprint density at radius 2 is 1.67 bits per heavy atom. The van der Waals surface area contributed by atoms with Crippen LogP contribution in [0.25, 0.3) is 0 Å². The van der Waals surface area contributed by atoms with Crippen molar-refractivity contribution in [3.05, 3.63) is 71.3 Å². The van der Waals surface area contributed by atoms with Crippen LogP contribution >= 0.6 is 11.8 Å². The molecule has 2 aromatic rings. The van der Waals surface area contributed by atoms with Crippen molar-refractivity contribution >= 4 is 11.8 Å². The molecule has 0 saturated carbocycles. The highest BCUT2D eigenvalue weighted by molar-refractivity contribution is 7.98. The number of thioether (sulfide) groups is 1. The van der Waals surface area contributed by atoms with Gasteiger partial charge < -0.3 is 5.32 Å². The summed E-state index contributed by atoms with van der Waals surface area (Å²) in [5, 5.41) is 3.74. The maximum atomic E-state index is 3.74. The van der Waals surface area contributed by atoms with Crippen molar-refractivity contribution < 1.29 is 0 Å². The molecule has 0 radical (unpaired) electrons. The lowest BCUT2D eigenvalue weighted by Crippen LogP contribution is -2.24. The Morgan fingerprint density at radius 3 is 2.38 bits per heavy atom. The predicted molar refractivity (Wildman–Crippen MR) is 95.1 cm³/mol. The quantitative estimate of drug-likeness (QED) is 0.702. The van der Waals surface area contributed by atoms with Gasteiger partial charge in [-0.3, -0.25) is 0 Å². The highest BCUT2D eigenvalue weighted by Gasteiger charge is 2.14. The van der Waals surface area contributed by atoms with Gasteiger partial charge in [-0.25, -0.2) is 0 Å². The van der Waals surface area contributed by atoms with E-state index in [1.54, 1.807) is 0 Å². The van der Waals surface area contributed by atoms with Gasteiger partial charge in [0.1, 0.15) is 0 Å². The molecule has 1 N–H and O–H groups in total. The summed E-state index contributed by atoms with van der Waals surface area (Å²) in [4.78, 5) is 0. The molecular formula is C19H25NS. The summed E-state index contributed by atoms with van der Waals surface area (Å²) in [7, 11) is 0. The fourth-order valence-electron chi connectivity index (χ4n) is 2.58. The Kier molecular flexibility index (Phi) is 6.84. The number of hydrogen-bond acceptors (Lipinski definition) is 2. The van der Waals surface area contributed by atoms with E-state index >= 15 is 0 Å². The maximum absolute atomic E-state index is 3.74. The number of rotatable bonds is 8. The van der Waals surface area contributed by atoms with Crippen molar-refractivity contribution in [2.24, 2.45) is 0 Å². The zero-order valence-corrected chi connectivity index (χ0v) is 13.8. The highest BCUT2D eigenvalue weighted by atomic mass is 32.2. The molecule has 0 saturated heterocycles. The summed E-state index contributed by atoms with van der Waals surface area (Å²) in [6, 6.07) is 19.7. The summed E-state index contributed by atoms with van der Waals surface area (Å²) >= 11 is 1.93. The standard InChI is InChI=1S/C19H25NS/c1-16-10-6-7-13-18(16)19(17-11-4-3-5-12-17)20-14-8-9-15-21-2/h3-7,10-13,19-20H,8-9,14-15H2,1-2H3. The molecule has 2 aromatic carbocycles.